The zero-order valence-electron chi connectivity index (χ0n) is 11.4. The van der Waals surface area contributed by atoms with Crippen molar-refractivity contribution in [2.45, 2.75) is 50.9 Å². The number of rotatable bonds is 6. The van der Waals surface area contributed by atoms with Crippen molar-refractivity contribution in [2.24, 2.45) is 5.92 Å². The zero-order chi connectivity index (χ0) is 13.5. The largest absolute Gasteiger partial charge is 0.394 e. The van der Waals surface area contributed by atoms with Gasteiger partial charge >= 0.3 is 0 Å². The Labute approximate surface area is 115 Å². The predicted octanol–water partition coefficient (Wildman–Crippen LogP) is 2.51. The van der Waals surface area contributed by atoms with Gasteiger partial charge in [-0.15, -0.1) is 0 Å². The molecule has 2 N–H and O–H groups in total. The van der Waals surface area contributed by atoms with Crippen LogP contribution < -0.4 is 0 Å². The molecule has 19 heavy (non-hydrogen) atoms. The second-order valence-corrected chi connectivity index (χ2v) is 5.41. The van der Waals surface area contributed by atoms with E-state index in [0.717, 1.165) is 18.4 Å². The lowest BCUT2D eigenvalue weighted by Crippen LogP contribution is -2.39. The second kappa shape index (κ2) is 7.63. The fraction of sp³-hybridized carbons (Fsp3) is 0.625. The van der Waals surface area contributed by atoms with Crippen LogP contribution in [-0.2, 0) is 11.3 Å². The molecule has 3 heteroatoms. The van der Waals surface area contributed by atoms with Gasteiger partial charge in [-0.05, 0) is 24.3 Å². The van der Waals surface area contributed by atoms with Gasteiger partial charge < -0.3 is 14.9 Å². The van der Waals surface area contributed by atoms with Gasteiger partial charge in [-0.1, -0.05) is 49.6 Å². The van der Waals surface area contributed by atoms with E-state index in [1.165, 1.54) is 19.3 Å². The molecule has 2 rings (SSSR count). The van der Waals surface area contributed by atoms with Gasteiger partial charge in [0, 0.05) is 0 Å². The first-order valence-electron chi connectivity index (χ1n) is 7.25. The van der Waals surface area contributed by atoms with E-state index in [-0.39, 0.29) is 12.5 Å². The van der Waals surface area contributed by atoms with E-state index in [2.05, 4.69) is 0 Å². The lowest BCUT2D eigenvalue weighted by Gasteiger charge is -2.31. The van der Waals surface area contributed by atoms with Crippen LogP contribution in [0.4, 0.5) is 0 Å². The Morgan fingerprint density at radius 1 is 1.11 bits per heavy atom. The molecule has 1 aliphatic carbocycles. The summed E-state index contributed by atoms with van der Waals surface area (Å²) in [5, 5.41) is 19.7. The van der Waals surface area contributed by atoms with Gasteiger partial charge in [0.05, 0.1) is 19.3 Å². The number of aliphatic hydroxyl groups excluding tert-OH is 2. The Morgan fingerprint density at radius 2 is 1.79 bits per heavy atom. The van der Waals surface area contributed by atoms with E-state index in [1.807, 2.05) is 30.3 Å². The number of ether oxygens (including phenoxy) is 1. The highest BCUT2D eigenvalue weighted by Crippen LogP contribution is 2.28. The quantitative estimate of drug-likeness (QED) is 0.830. The Kier molecular flexibility index (Phi) is 5.83. The lowest BCUT2D eigenvalue weighted by atomic mass is 9.83. The van der Waals surface area contributed by atoms with Crippen LogP contribution in [-0.4, -0.2) is 29.0 Å². The van der Waals surface area contributed by atoms with Gasteiger partial charge in [-0.25, -0.2) is 0 Å². The Bertz CT molecular complexity index is 346. The SMILES string of the molecule is OCC(OCc1ccccc1)C(O)C1CCCCC1. The van der Waals surface area contributed by atoms with Crippen molar-refractivity contribution in [3.05, 3.63) is 35.9 Å². The Morgan fingerprint density at radius 3 is 2.42 bits per heavy atom. The maximum atomic E-state index is 10.3. The molecule has 0 radical (unpaired) electrons. The molecule has 1 aromatic rings. The molecule has 1 fully saturated rings. The summed E-state index contributed by atoms with van der Waals surface area (Å²) in [5.41, 5.74) is 1.07. The molecule has 0 aromatic heterocycles. The summed E-state index contributed by atoms with van der Waals surface area (Å²) in [6, 6.07) is 9.86. The van der Waals surface area contributed by atoms with Crippen molar-refractivity contribution in [3.63, 3.8) is 0 Å². The average Bonchev–Trinajstić information content (AvgIpc) is 2.49. The molecule has 106 valence electrons. The van der Waals surface area contributed by atoms with E-state index in [9.17, 15) is 10.2 Å². The molecule has 3 nitrogen and oxygen atoms in total. The first-order valence-corrected chi connectivity index (χ1v) is 7.25. The number of hydrogen-bond acceptors (Lipinski definition) is 3. The van der Waals surface area contributed by atoms with Crippen molar-refractivity contribution in [3.8, 4) is 0 Å². The highest BCUT2D eigenvalue weighted by Gasteiger charge is 2.29. The molecule has 2 atom stereocenters. The first-order chi connectivity index (χ1) is 9.31. The summed E-state index contributed by atoms with van der Waals surface area (Å²) in [6.45, 7) is 0.320. The van der Waals surface area contributed by atoms with Crippen LogP contribution in [0.25, 0.3) is 0 Å². The smallest absolute Gasteiger partial charge is 0.107 e. The summed E-state index contributed by atoms with van der Waals surface area (Å²) in [6.07, 6.45) is 4.70. The third kappa shape index (κ3) is 4.30. The summed E-state index contributed by atoms with van der Waals surface area (Å²) in [7, 11) is 0. The molecule has 0 spiro atoms. The maximum absolute atomic E-state index is 10.3. The van der Waals surface area contributed by atoms with Gasteiger partial charge in [0.1, 0.15) is 6.10 Å². The van der Waals surface area contributed by atoms with Crippen molar-refractivity contribution < 1.29 is 14.9 Å². The predicted molar refractivity (Wildman–Crippen MR) is 74.7 cm³/mol. The molecule has 0 heterocycles. The monoisotopic (exact) mass is 264 g/mol. The normalized spacial score (nSPS) is 20.1. The van der Waals surface area contributed by atoms with Gasteiger partial charge in [-0.3, -0.25) is 0 Å². The fourth-order valence-corrected chi connectivity index (χ4v) is 2.82. The molecule has 0 amide bonds. The number of aliphatic hydroxyl groups is 2. The molecule has 1 aliphatic rings. The van der Waals surface area contributed by atoms with Crippen LogP contribution in [0.2, 0.25) is 0 Å². The second-order valence-electron chi connectivity index (χ2n) is 5.41. The third-order valence-electron chi connectivity index (χ3n) is 4.00. The minimum Gasteiger partial charge on any atom is -0.394 e. The van der Waals surface area contributed by atoms with Crippen molar-refractivity contribution in [2.75, 3.05) is 6.61 Å². The lowest BCUT2D eigenvalue weighted by molar-refractivity contribution is -0.0955. The minimum absolute atomic E-state index is 0.121. The molecule has 1 saturated carbocycles. The Hall–Kier alpha value is -0.900. The summed E-state index contributed by atoms with van der Waals surface area (Å²) in [4.78, 5) is 0. The number of hydrogen-bond donors (Lipinski definition) is 2. The van der Waals surface area contributed by atoms with Gasteiger partial charge in [-0.2, -0.15) is 0 Å². The molecule has 0 saturated heterocycles. The number of benzene rings is 1. The molecular weight excluding hydrogens is 240 g/mol. The van der Waals surface area contributed by atoms with Crippen molar-refractivity contribution in [1.82, 2.24) is 0 Å². The van der Waals surface area contributed by atoms with Gasteiger partial charge in [0.2, 0.25) is 0 Å². The van der Waals surface area contributed by atoms with E-state index >= 15 is 0 Å². The third-order valence-corrected chi connectivity index (χ3v) is 4.00. The standard InChI is InChI=1S/C16H24O3/c17-11-15(16(18)14-9-5-2-6-10-14)19-12-13-7-3-1-4-8-13/h1,3-4,7-8,14-18H,2,5-6,9-12H2. The van der Waals surface area contributed by atoms with E-state index < -0.39 is 12.2 Å². The summed E-state index contributed by atoms with van der Waals surface area (Å²) >= 11 is 0. The van der Waals surface area contributed by atoms with Crippen molar-refractivity contribution >= 4 is 0 Å². The Balaban J connectivity index is 1.84. The van der Waals surface area contributed by atoms with E-state index in [4.69, 9.17) is 4.74 Å². The average molecular weight is 264 g/mol. The zero-order valence-corrected chi connectivity index (χ0v) is 11.4. The summed E-state index contributed by atoms with van der Waals surface area (Å²) in [5.74, 6) is 0.279. The molecule has 1 aromatic carbocycles. The molecule has 0 bridgehead atoms. The minimum atomic E-state index is -0.547. The summed E-state index contributed by atoms with van der Waals surface area (Å²) < 4.78 is 5.69. The highest BCUT2D eigenvalue weighted by atomic mass is 16.5. The first kappa shape index (κ1) is 14.5. The fourth-order valence-electron chi connectivity index (χ4n) is 2.82. The van der Waals surface area contributed by atoms with Crippen LogP contribution in [0.5, 0.6) is 0 Å². The molecule has 0 aliphatic heterocycles. The van der Waals surface area contributed by atoms with Crippen LogP contribution in [0.3, 0.4) is 0 Å². The van der Waals surface area contributed by atoms with Gasteiger partial charge in [0.15, 0.2) is 0 Å². The molecular formula is C16H24O3. The van der Waals surface area contributed by atoms with Crippen molar-refractivity contribution in [1.29, 1.82) is 0 Å². The van der Waals surface area contributed by atoms with Crippen LogP contribution >= 0.6 is 0 Å². The maximum Gasteiger partial charge on any atom is 0.107 e. The van der Waals surface area contributed by atoms with Crippen LogP contribution in [0, 0.1) is 5.92 Å². The highest BCUT2D eigenvalue weighted by molar-refractivity contribution is 5.13. The van der Waals surface area contributed by atoms with E-state index in [1.54, 1.807) is 0 Å². The molecule has 2 unspecified atom stereocenters. The van der Waals surface area contributed by atoms with E-state index in [0.29, 0.717) is 6.61 Å². The van der Waals surface area contributed by atoms with Crippen LogP contribution in [0.1, 0.15) is 37.7 Å². The van der Waals surface area contributed by atoms with Gasteiger partial charge in [0.25, 0.3) is 0 Å². The van der Waals surface area contributed by atoms with Crippen LogP contribution in [0.15, 0.2) is 30.3 Å². The topological polar surface area (TPSA) is 49.7 Å².